The molecular weight excluding hydrogens is 454 g/mol. The Balaban J connectivity index is 2.37. The molecule has 9 unspecified atom stereocenters. The van der Waals surface area contributed by atoms with Crippen LogP contribution in [0.25, 0.3) is 0 Å². The average Bonchev–Trinajstić information content (AvgIpc) is 2.64. The van der Waals surface area contributed by atoms with E-state index in [1.165, 1.54) is 6.92 Å². The first-order valence-electron chi connectivity index (χ1n) is 12.6. The van der Waals surface area contributed by atoms with E-state index in [0.717, 1.165) is 0 Å². The van der Waals surface area contributed by atoms with Gasteiger partial charge in [-0.25, -0.2) is 0 Å². The molecule has 2 fully saturated rings. The standard InChI is InChI=1S/C26H49NO8/c1-14-19(34-17-13-26(10,30)21(29)15(2)31-17)18(27(11)12)20(33-16(3)28)22(32-14)35-23(24(4,5)6)25(7,8)9/h14-15,17-23,29-30H,13H2,1-12H3. The third kappa shape index (κ3) is 7.37. The molecule has 0 saturated carbocycles. The van der Waals surface area contributed by atoms with Crippen LogP contribution < -0.4 is 0 Å². The number of aliphatic hydroxyl groups is 2. The predicted molar refractivity (Wildman–Crippen MR) is 132 cm³/mol. The first-order chi connectivity index (χ1) is 15.8. The van der Waals surface area contributed by atoms with Crippen LogP contribution in [0, 0.1) is 10.8 Å². The van der Waals surface area contributed by atoms with Gasteiger partial charge in [-0.05, 0) is 45.7 Å². The zero-order valence-corrected chi connectivity index (χ0v) is 23.7. The fourth-order valence-electron chi connectivity index (χ4n) is 5.62. The van der Waals surface area contributed by atoms with E-state index in [-0.39, 0.29) is 23.4 Å². The van der Waals surface area contributed by atoms with Crippen molar-refractivity contribution in [2.75, 3.05) is 14.1 Å². The summed E-state index contributed by atoms with van der Waals surface area (Å²) in [6.45, 7) is 19.2. The number of carbonyl (C=O) groups excluding carboxylic acids is 1. The number of likely N-dealkylation sites (N-methyl/N-ethyl adjacent to an activating group) is 1. The SMILES string of the molecule is CC(=O)OC1C(OC(C(C)(C)C)C(C)(C)C)OC(C)C(OC2CC(C)(O)C(O)C(C)O2)C1N(C)C. The lowest BCUT2D eigenvalue weighted by Crippen LogP contribution is -2.66. The minimum absolute atomic E-state index is 0.0934. The van der Waals surface area contributed by atoms with Crippen LogP contribution >= 0.6 is 0 Å². The first kappa shape index (κ1) is 30.4. The van der Waals surface area contributed by atoms with Crippen molar-refractivity contribution < 1.29 is 38.7 Å². The van der Waals surface area contributed by atoms with Crippen LogP contribution in [0.3, 0.4) is 0 Å². The summed E-state index contributed by atoms with van der Waals surface area (Å²) in [6.07, 6.45) is -5.06. The number of hydrogen-bond donors (Lipinski definition) is 2. The first-order valence-corrected chi connectivity index (χ1v) is 12.6. The van der Waals surface area contributed by atoms with E-state index in [2.05, 4.69) is 41.5 Å². The molecule has 0 amide bonds. The summed E-state index contributed by atoms with van der Waals surface area (Å²) in [6, 6.07) is -0.413. The normalized spacial score (nSPS) is 39.2. The Bertz CT molecular complexity index is 699. The molecule has 0 aliphatic carbocycles. The van der Waals surface area contributed by atoms with Gasteiger partial charge >= 0.3 is 5.97 Å². The molecule has 9 heteroatoms. The summed E-state index contributed by atoms with van der Waals surface area (Å²) in [5.74, 6) is -0.441. The van der Waals surface area contributed by atoms with Gasteiger partial charge in [-0.1, -0.05) is 41.5 Å². The Morgan fingerprint density at radius 2 is 1.57 bits per heavy atom. The zero-order chi connectivity index (χ0) is 27.1. The Morgan fingerprint density at radius 3 is 2.00 bits per heavy atom. The molecule has 35 heavy (non-hydrogen) atoms. The summed E-state index contributed by atoms with van der Waals surface area (Å²) < 4.78 is 31.0. The molecule has 2 N–H and O–H groups in total. The van der Waals surface area contributed by atoms with Gasteiger partial charge in [0, 0.05) is 13.3 Å². The molecule has 0 bridgehead atoms. The maximum atomic E-state index is 12.2. The third-order valence-corrected chi connectivity index (χ3v) is 6.83. The molecule has 2 rings (SSSR count). The topological polar surface area (TPSA) is 107 Å². The lowest BCUT2D eigenvalue weighted by Gasteiger charge is -2.51. The Hall–Kier alpha value is -0.810. The van der Waals surface area contributed by atoms with Gasteiger partial charge in [-0.2, -0.15) is 0 Å². The van der Waals surface area contributed by atoms with Gasteiger partial charge in [-0.3, -0.25) is 4.79 Å². The smallest absolute Gasteiger partial charge is 0.303 e. The molecule has 9 nitrogen and oxygen atoms in total. The molecule has 2 saturated heterocycles. The van der Waals surface area contributed by atoms with Crippen molar-refractivity contribution >= 4 is 5.97 Å². The van der Waals surface area contributed by atoms with Crippen molar-refractivity contribution in [3.05, 3.63) is 0 Å². The van der Waals surface area contributed by atoms with Crippen molar-refractivity contribution in [3.8, 4) is 0 Å². The van der Waals surface area contributed by atoms with Gasteiger partial charge in [0.1, 0.15) is 12.2 Å². The van der Waals surface area contributed by atoms with E-state index in [9.17, 15) is 15.0 Å². The number of nitrogens with zero attached hydrogens (tertiary/aromatic N) is 1. The van der Waals surface area contributed by atoms with Gasteiger partial charge < -0.3 is 38.8 Å². The number of carbonyl (C=O) groups is 1. The van der Waals surface area contributed by atoms with Crippen LogP contribution in [0.15, 0.2) is 0 Å². The van der Waals surface area contributed by atoms with Crippen LogP contribution in [0.5, 0.6) is 0 Å². The van der Waals surface area contributed by atoms with Crippen LogP contribution in [-0.4, -0.2) is 96.0 Å². The summed E-state index contributed by atoms with van der Waals surface area (Å²) in [5, 5.41) is 21.0. The molecule has 206 valence electrons. The Labute approximate surface area is 211 Å². The highest BCUT2D eigenvalue weighted by molar-refractivity contribution is 5.66. The molecule has 9 atom stereocenters. The maximum Gasteiger partial charge on any atom is 0.303 e. The van der Waals surface area contributed by atoms with Crippen LogP contribution in [-0.2, 0) is 28.5 Å². The molecule has 2 aliphatic rings. The number of ether oxygens (including phenoxy) is 5. The highest BCUT2D eigenvalue weighted by Gasteiger charge is 2.53. The second kappa shape index (κ2) is 10.9. The second-order valence-corrected chi connectivity index (χ2v) is 12.9. The van der Waals surface area contributed by atoms with Gasteiger partial charge in [0.25, 0.3) is 0 Å². The number of aliphatic hydroxyl groups excluding tert-OH is 1. The van der Waals surface area contributed by atoms with Gasteiger partial charge in [0.15, 0.2) is 18.7 Å². The van der Waals surface area contributed by atoms with Crippen molar-refractivity contribution in [2.24, 2.45) is 10.8 Å². The fourth-order valence-corrected chi connectivity index (χ4v) is 5.62. The van der Waals surface area contributed by atoms with E-state index in [4.69, 9.17) is 23.7 Å². The predicted octanol–water partition coefficient (Wildman–Crippen LogP) is 2.70. The molecule has 2 heterocycles. The largest absolute Gasteiger partial charge is 0.455 e. The molecule has 2 aliphatic heterocycles. The van der Waals surface area contributed by atoms with Gasteiger partial charge in [-0.15, -0.1) is 0 Å². The number of rotatable bonds is 6. The molecular formula is C26H49NO8. The molecule has 0 aromatic heterocycles. The van der Waals surface area contributed by atoms with E-state index in [1.807, 2.05) is 25.9 Å². The van der Waals surface area contributed by atoms with E-state index < -0.39 is 60.7 Å². The summed E-state index contributed by atoms with van der Waals surface area (Å²) in [5.41, 5.74) is -1.74. The molecule has 0 aromatic carbocycles. The van der Waals surface area contributed by atoms with E-state index >= 15 is 0 Å². The monoisotopic (exact) mass is 503 g/mol. The lowest BCUT2D eigenvalue weighted by atomic mass is 9.74. The quantitative estimate of drug-likeness (QED) is 0.529. The Morgan fingerprint density at radius 1 is 1.03 bits per heavy atom. The summed E-state index contributed by atoms with van der Waals surface area (Å²) >= 11 is 0. The van der Waals surface area contributed by atoms with Crippen molar-refractivity contribution in [1.29, 1.82) is 0 Å². The summed E-state index contributed by atoms with van der Waals surface area (Å²) in [4.78, 5) is 14.1. The van der Waals surface area contributed by atoms with E-state index in [1.54, 1.807) is 13.8 Å². The van der Waals surface area contributed by atoms with Gasteiger partial charge in [0.2, 0.25) is 0 Å². The molecule has 0 spiro atoms. The van der Waals surface area contributed by atoms with E-state index in [0.29, 0.717) is 0 Å². The molecule has 0 radical (unpaired) electrons. The maximum absolute atomic E-state index is 12.2. The summed E-state index contributed by atoms with van der Waals surface area (Å²) in [7, 11) is 3.78. The number of hydrogen-bond acceptors (Lipinski definition) is 9. The number of esters is 1. The van der Waals surface area contributed by atoms with Crippen molar-refractivity contribution in [3.63, 3.8) is 0 Å². The average molecular weight is 504 g/mol. The van der Waals surface area contributed by atoms with Gasteiger partial charge in [0.05, 0.1) is 30.0 Å². The fraction of sp³-hybridized carbons (Fsp3) is 0.962. The lowest BCUT2D eigenvalue weighted by molar-refractivity contribution is -0.345. The minimum Gasteiger partial charge on any atom is -0.455 e. The zero-order valence-electron chi connectivity index (χ0n) is 23.7. The highest BCUT2D eigenvalue weighted by Crippen LogP contribution is 2.40. The van der Waals surface area contributed by atoms with Crippen molar-refractivity contribution in [1.82, 2.24) is 4.90 Å². The van der Waals surface area contributed by atoms with Crippen molar-refractivity contribution in [2.45, 2.75) is 137 Å². The van der Waals surface area contributed by atoms with Crippen LogP contribution in [0.2, 0.25) is 0 Å². The minimum atomic E-state index is -1.36. The third-order valence-electron chi connectivity index (χ3n) is 6.83. The highest BCUT2D eigenvalue weighted by atomic mass is 16.7. The molecule has 0 aromatic rings. The Kier molecular flexibility index (Phi) is 9.47. The van der Waals surface area contributed by atoms with Crippen LogP contribution in [0.4, 0.5) is 0 Å². The van der Waals surface area contributed by atoms with Crippen LogP contribution in [0.1, 0.15) is 75.7 Å². The second-order valence-electron chi connectivity index (χ2n) is 12.9.